The minimum Gasteiger partial charge on any atom is -0.486 e. The molecule has 1 unspecified atom stereocenters. The Kier molecular flexibility index (Phi) is 4.92. The number of fused-ring (bicyclic) bond motifs is 1. The fraction of sp³-hybridized carbons (Fsp3) is 0.318. The van der Waals surface area contributed by atoms with Crippen LogP contribution in [0, 0.1) is 5.82 Å². The van der Waals surface area contributed by atoms with Crippen LogP contribution in [-0.2, 0) is 0 Å². The highest BCUT2D eigenvalue weighted by Gasteiger charge is 2.25. The highest BCUT2D eigenvalue weighted by Crippen LogP contribution is 2.35. The molecule has 2 aromatic heterocycles. The lowest BCUT2D eigenvalue weighted by atomic mass is 10.1. The molecule has 1 fully saturated rings. The van der Waals surface area contributed by atoms with Gasteiger partial charge in [0, 0.05) is 24.6 Å². The summed E-state index contributed by atoms with van der Waals surface area (Å²) >= 11 is 0. The van der Waals surface area contributed by atoms with E-state index in [1.807, 2.05) is 29.0 Å². The molecule has 0 radical (unpaired) electrons. The number of anilines is 1. The second-order valence-electron chi connectivity index (χ2n) is 7.60. The standard InChI is InChI=1S/C22H23FN6O/c23-18-11-16(30-15-6-2-1-3-7-15)8-9-17(18)20-19-21(24)26-13-27-22(19)29(28-20)14-5-4-10-25-12-14/h1-3,6,8-9,11,13-15,25H,4-5,7,10,12H2,(H2,24,26,27)/t14-,15?/m1/s1. The summed E-state index contributed by atoms with van der Waals surface area (Å²) in [5.74, 6) is 0.355. The third kappa shape index (κ3) is 3.43. The van der Waals surface area contributed by atoms with Crippen molar-refractivity contribution in [3.8, 4) is 17.0 Å². The molecular formula is C22H23FN6O. The van der Waals surface area contributed by atoms with Crippen molar-refractivity contribution >= 4 is 16.9 Å². The smallest absolute Gasteiger partial charge is 0.164 e. The lowest BCUT2D eigenvalue weighted by Gasteiger charge is -2.23. The summed E-state index contributed by atoms with van der Waals surface area (Å²) < 4.78 is 22.9. The van der Waals surface area contributed by atoms with Crippen LogP contribution in [0.4, 0.5) is 10.2 Å². The molecule has 7 nitrogen and oxygen atoms in total. The van der Waals surface area contributed by atoms with Gasteiger partial charge in [0.2, 0.25) is 0 Å². The molecule has 2 atom stereocenters. The number of nitrogens with two attached hydrogens (primary N) is 1. The maximum absolute atomic E-state index is 15.1. The van der Waals surface area contributed by atoms with Gasteiger partial charge in [-0.25, -0.2) is 19.0 Å². The molecule has 3 N–H and O–H groups in total. The number of nitrogen functional groups attached to an aromatic ring is 1. The van der Waals surface area contributed by atoms with E-state index in [9.17, 15) is 0 Å². The lowest BCUT2D eigenvalue weighted by Crippen LogP contribution is -2.32. The molecule has 1 aliphatic carbocycles. The number of hydrogen-bond donors (Lipinski definition) is 2. The van der Waals surface area contributed by atoms with E-state index in [1.165, 1.54) is 12.4 Å². The number of ether oxygens (including phenoxy) is 1. The topological polar surface area (TPSA) is 90.9 Å². The number of rotatable bonds is 4. The van der Waals surface area contributed by atoms with E-state index in [0.29, 0.717) is 33.9 Å². The Bertz CT molecular complexity index is 1130. The quantitative estimate of drug-likeness (QED) is 0.690. The van der Waals surface area contributed by atoms with Crippen LogP contribution in [0.2, 0.25) is 0 Å². The molecule has 0 bridgehead atoms. The Morgan fingerprint density at radius 2 is 2.17 bits per heavy atom. The number of piperidine rings is 1. The number of allylic oxidation sites excluding steroid dienone is 2. The first-order valence-corrected chi connectivity index (χ1v) is 10.2. The summed E-state index contributed by atoms with van der Waals surface area (Å²) in [6.07, 6.45) is 12.0. The van der Waals surface area contributed by atoms with E-state index in [0.717, 1.165) is 32.4 Å². The SMILES string of the molecule is Nc1ncnc2c1c(-c1ccc(OC3C=CC=CC3)cc1F)nn2[C@@H]1CCCNC1. The Labute approximate surface area is 173 Å². The molecule has 0 saturated carbocycles. The van der Waals surface area contributed by atoms with Gasteiger partial charge in [-0.1, -0.05) is 18.2 Å². The van der Waals surface area contributed by atoms with E-state index in [-0.39, 0.29) is 12.1 Å². The molecule has 1 aromatic carbocycles. The van der Waals surface area contributed by atoms with Crippen LogP contribution in [0.15, 0.2) is 48.8 Å². The molecule has 0 amide bonds. The van der Waals surface area contributed by atoms with Crippen molar-refractivity contribution in [2.75, 3.05) is 18.8 Å². The lowest BCUT2D eigenvalue weighted by molar-refractivity contribution is 0.250. The first-order valence-electron chi connectivity index (χ1n) is 10.2. The monoisotopic (exact) mass is 406 g/mol. The summed E-state index contributed by atoms with van der Waals surface area (Å²) in [6.45, 7) is 1.78. The molecule has 1 saturated heterocycles. The fourth-order valence-corrected chi connectivity index (χ4v) is 4.06. The molecular weight excluding hydrogens is 383 g/mol. The van der Waals surface area contributed by atoms with E-state index < -0.39 is 5.82 Å². The second-order valence-corrected chi connectivity index (χ2v) is 7.60. The summed E-state index contributed by atoms with van der Waals surface area (Å²) in [5.41, 5.74) is 7.60. The summed E-state index contributed by atoms with van der Waals surface area (Å²) in [7, 11) is 0. The fourth-order valence-electron chi connectivity index (χ4n) is 4.06. The largest absolute Gasteiger partial charge is 0.486 e. The molecule has 30 heavy (non-hydrogen) atoms. The van der Waals surface area contributed by atoms with Crippen LogP contribution in [0.5, 0.6) is 5.75 Å². The molecule has 5 rings (SSSR count). The predicted molar refractivity (Wildman–Crippen MR) is 114 cm³/mol. The van der Waals surface area contributed by atoms with Gasteiger partial charge in [-0.2, -0.15) is 5.10 Å². The summed E-state index contributed by atoms with van der Waals surface area (Å²) in [5, 5.41) is 8.71. The average Bonchev–Trinajstić information content (AvgIpc) is 3.16. The van der Waals surface area contributed by atoms with E-state index in [1.54, 1.807) is 12.1 Å². The second kappa shape index (κ2) is 7.87. The third-order valence-corrected chi connectivity index (χ3v) is 5.56. The van der Waals surface area contributed by atoms with Crippen molar-refractivity contribution in [3.63, 3.8) is 0 Å². The molecule has 0 spiro atoms. The summed E-state index contributed by atoms with van der Waals surface area (Å²) in [4.78, 5) is 8.52. The minimum absolute atomic E-state index is 0.0943. The molecule has 3 aromatic rings. The van der Waals surface area contributed by atoms with Crippen LogP contribution in [0.1, 0.15) is 25.3 Å². The van der Waals surface area contributed by atoms with Crippen molar-refractivity contribution in [1.82, 2.24) is 25.1 Å². The zero-order chi connectivity index (χ0) is 20.5. The van der Waals surface area contributed by atoms with Crippen LogP contribution in [-0.4, -0.2) is 38.9 Å². The number of benzene rings is 1. The number of nitrogens with one attached hydrogen (secondary N) is 1. The normalized spacial score (nSPS) is 21.2. The van der Waals surface area contributed by atoms with Crippen LogP contribution < -0.4 is 15.8 Å². The van der Waals surface area contributed by atoms with Gasteiger partial charge in [0.25, 0.3) is 0 Å². The minimum atomic E-state index is -0.417. The molecule has 154 valence electrons. The average molecular weight is 406 g/mol. The number of halogens is 1. The van der Waals surface area contributed by atoms with Gasteiger partial charge >= 0.3 is 0 Å². The van der Waals surface area contributed by atoms with Crippen LogP contribution in [0.25, 0.3) is 22.3 Å². The van der Waals surface area contributed by atoms with Gasteiger partial charge in [0.1, 0.15) is 35.5 Å². The van der Waals surface area contributed by atoms with Gasteiger partial charge in [0.05, 0.1) is 11.4 Å². The molecule has 2 aliphatic rings. The van der Waals surface area contributed by atoms with Crippen LogP contribution >= 0.6 is 0 Å². The Morgan fingerprint density at radius 3 is 2.93 bits per heavy atom. The van der Waals surface area contributed by atoms with E-state index in [2.05, 4.69) is 15.3 Å². The van der Waals surface area contributed by atoms with E-state index in [4.69, 9.17) is 15.6 Å². The number of nitrogens with zero attached hydrogens (tertiary/aromatic N) is 4. The molecule has 1 aliphatic heterocycles. The zero-order valence-corrected chi connectivity index (χ0v) is 16.5. The van der Waals surface area contributed by atoms with Crippen LogP contribution in [0.3, 0.4) is 0 Å². The maximum Gasteiger partial charge on any atom is 0.164 e. The Hall–Kier alpha value is -3.26. The van der Waals surface area contributed by atoms with E-state index >= 15 is 4.39 Å². The van der Waals surface area contributed by atoms with Crippen molar-refractivity contribution in [1.29, 1.82) is 0 Å². The zero-order valence-electron chi connectivity index (χ0n) is 16.5. The third-order valence-electron chi connectivity index (χ3n) is 5.56. The number of aromatic nitrogens is 4. The van der Waals surface area contributed by atoms with Crippen molar-refractivity contribution in [2.45, 2.75) is 31.4 Å². The summed E-state index contributed by atoms with van der Waals surface area (Å²) in [6, 6.07) is 4.98. The van der Waals surface area contributed by atoms with Crippen molar-refractivity contribution < 1.29 is 9.13 Å². The number of hydrogen-bond acceptors (Lipinski definition) is 6. The van der Waals surface area contributed by atoms with Gasteiger partial charge in [-0.3, -0.25) is 0 Å². The van der Waals surface area contributed by atoms with Gasteiger partial charge < -0.3 is 15.8 Å². The first-order chi connectivity index (χ1) is 14.7. The maximum atomic E-state index is 15.1. The molecule has 8 heteroatoms. The van der Waals surface area contributed by atoms with Crippen molar-refractivity contribution in [2.24, 2.45) is 0 Å². The highest BCUT2D eigenvalue weighted by atomic mass is 19.1. The molecule has 3 heterocycles. The van der Waals surface area contributed by atoms with Gasteiger partial charge in [0.15, 0.2) is 5.65 Å². The Balaban J connectivity index is 1.54. The predicted octanol–water partition coefficient (Wildman–Crippen LogP) is 3.40. The van der Waals surface area contributed by atoms with Gasteiger partial charge in [-0.05, 0) is 37.6 Å². The first kappa shape index (κ1) is 18.7. The van der Waals surface area contributed by atoms with Crippen molar-refractivity contribution in [3.05, 3.63) is 54.6 Å². The van der Waals surface area contributed by atoms with Gasteiger partial charge in [-0.15, -0.1) is 0 Å². The highest BCUT2D eigenvalue weighted by molar-refractivity contribution is 5.98. The Morgan fingerprint density at radius 1 is 1.23 bits per heavy atom.